The van der Waals surface area contributed by atoms with Crippen molar-refractivity contribution in [2.75, 3.05) is 5.32 Å². The summed E-state index contributed by atoms with van der Waals surface area (Å²) in [5.41, 5.74) is 6.44. The predicted octanol–water partition coefficient (Wildman–Crippen LogP) is 2.61. The Morgan fingerprint density at radius 2 is 2.10 bits per heavy atom. The lowest BCUT2D eigenvalue weighted by molar-refractivity contribution is 0.102. The highest BCUT2D eigenvalue weighted by molar-refractivity contribution is 7.80. The molecule has 0 spiro atoms. The lowest BCUT2D eigenvalue weighted by Gasteiger charge is -2.08. The van der Waals surface area contributed by atoms with E-state index in [1.54, 1.807) is 19.2 Å². The summed E-state index contributed by atoms with van der Waals surface area (Å²) in [4.78, 5) is 12.3. The van der Waals surface area contributed by atoms with E-state index in [9.17, 15) is 4.79 Å². The fourth-order valence-electron chi connectivity index (χ4n) is 1.58. The van der Waals surface area contributed by atoms with Gasteiger partial charge >= 0.3 is 0 Å². The van der Waals surface area contributed by atoms with Gasteiger partial charge in [-0.3, -0.25) is 9.48 Å². The summed E-state index contributed by atoms with van der Waals surface area (Å²) in [6.07, 6.45) is 1.49. The number of carbonyl (C=O) groups is 1. The zero-order valence-electron chi connectivity index (χ0n) is 10.4. The van der Waals surface area contributed by atoms with E-state index < -0.39 is 0 Å². The number of aromatic nitrogens is 2. The molecule has 2 rings (SSSR count). The number of nitrogens with two attached hydrogens (primary N) is 1. The predicted molar refractivity (Wildman–Crippen MR) is 83.5 cm³/mol. The van der Waals surface area contributed by atoms with Crippen LogP contribution >= 0.6 is 35.4 Å². The van der Waals surface area contributed by atoms with Crippen LogP contribution in [0.15, 0.2) is 24.4 Å². The van der Waals surface area contributed by atoms with Crippen molar-refractivity contribution in [3.8, 4) is 0 Å². The van der Waals surface area contributed by atoms with Gasteiger partial charge in [-0.15, -0.1) is 0 Å². The largest absolute Gasteiger partial charge is 0.389 e. The molecule has 104 valence electrons. The summed E-state index contributed by atoms with van der Waals surface area (Å²) in [7, 11) is 1.67. The van der Waals surface area contributed by atoms with Crippen LogP contribution in [0.25, 0.3) is 0 Å². The Kier molecular flexibility index (Phi) is 4.27. The first-order valence-electron chi connectivity index (χ1n) is 5.48. The number of amides is 1. The Morgan fingerprint density at radius 3 is 2.70 bits per heavy atom. The van der Waals surface area contributed by atoms with Gasteiger partial charge in [-0.25, -0.2) is 0 Å². The first-order chi connectivity index (χ1) is 9.40. The molecule has 1 heterocycles. The third kappa shape index (κ3) is 2.92. The van der Waals surface area contributed by atoms with Crippen LogP contribution < -0.4 is 11.1 Å². The molecule has 0 bridgehead atoms. The standard InChI is InChI=1S/C12H10Cl2N4OS/c1-18-11(7(5-16-18)10(15)20)17-12(19)6-2-3-8(13)9(14)4-6/h2-5H,1H3,(H2,15,20)(H,17,19). The van der Waals surface area contributed by atoms with Gasteiger partial charge in [-0.1, -0.05) is 35.4 Å². The van der Waals surface area contributed by atoms with Crippen molar-refractivity contribution in [2.45, 2.75) is 0 Å². The molecule has 0 fully saturated rings. The second-order valence-corrected chi connectivity index (χ2v) is 5.23. The second kappa shape index (κ2) is 5.78. The SMILES string of the molecule is Cn1ncc(C(N)=S)c1NC(=O)c1ccc(Cl)c(Cl)c1. The summed E-state index contributed by atoms with van der Waals surface area (Å²) in [5.74, 6) is 0.0678. The number of anilines is 1. The molecular weight excluding hydrogens is 319 g/mol. The molecule has 0 saturated heterocycles. The maximum Gasteiger partial charge on any atom is 0.256 e. The van der Waals surface area contributed by atoms with Crippen LogP contribution in [0.3, 0.4) is 0 Å². The van der Waals surface area contributed by atoms with Gasteiger partial charge in [0.1, 0.15) is 10.8 Å². The van der Waals surface area contributed by atoms with E-state index in [-0.39, 0.29) is 10.9 Å². The average Bonchev–Trinajstić information content (AvgIpc) is 2.74. The molecule has 2 aromatic rings. The number of hydrogen-bond donors (Lipinski definition) is 2. The molecule has 8 heteroatoms. The maximum absolute atomic E-state index is 12.2. The Hall–Kier alpha value is -1.63. The van der Waals surface area contributed by atoms with Crippen LogP contribution in [0.1, 0.15) is 15.9 Å². The van der Waals surface area contributed by atoms with E-state index in [1.807, 2.05) is 0 Å². The van der Waals surface area contributed by atoms with E-state index in [4.69, 9.17) is 41.2 Å². The van der Waals surface area contributed by atoms with Crippen molar-refractivity contribution in [3.05, 3.63) is 45.6 Å². The molecule has 0 aliphatic heterocycles. The van der Waals surface area contributed by atoms with Gasteiger partial charge in [0.2, 0.25) is 0 Å². The smallest absolute Gasteiger partial charge is 0.256 e. The number of rotatable bonds is 3. The number of halogens is 2. The van der Waals surface area contributed by atoms with Crippen molar-refractivity contribution < 1.29 is 4.79 Å². The van der Waals surface area contributed by atoms with Gasteiger partial charge in [-0.05, 0) is 18.2 Å². The van der Waals surface area contributed by atoms with Gasteiger partial charge in [-0.2, -0.15) is 5.10 Å². The molecule has 0 aliphatic carbocycles. The maximum atomic E-state index is 12.2. The lowest BCUT2D eigenvalue weighted by atomic mass is 10.2. The Balaban J connectivity index is 2.30. The van der Waals surface area contributed by atoms with Crippen molar-refractivity contribution >= 4 is 52.1 Å². The van der Waals surface area contributed by atoms with Crippen LogP contribution in [0.5, 0.6) is 0 Å². The van der Waals surface area contributed by atoms with E-state index in [1.165, 1.54) is 16.9 Å². The fraction of sp³-hybridized carbons (Fsp3) is 0.0833. The first-order valence-corrected chi connectivity index (χ1v) is 6.64. The summed E-state index contributed by atoms with van der Waals surface area (Å²) in [6.45, 7) is 0. The first kappa shape index (κ1) is 14.8. The minimum Gasteiger partial charge on any atom is -0.389 e. The minimum atomic E-state index is -0.357. The number of aryl methyl sites for hydroxylation is 1. The van der Waals surface area contributed by atoms with Gasteiger partial charge in [0.25, 0.3) is 5.91 Å². The molecule has 0 aliphatic rings. The van der Waals surface area contributed by atoms with E-state index >= 15 is 0 Å². The van der Waals surface area contributed by atoms with Gasteiger partial charge < -0.3 is 11.1 Å². The van der Waals surface area contributed by atoms with Crippen LogP contribution in [-0.4, -0.2) is 20.7 Å². The monoisotopic (exact) mass is 328 g/mol. The Morgan fingerprint density at radius 1 is 1.40 bits per heavy atom. The Bertz CT molecular complexity index is 699. The number of thiocarbonyl (C=S) groups is 1. The highest BCUT2D eigenvalue weighted by Crippen LogP contribution is 2.23. The van der Waals surface area contributed by atoms with Crippen molar-refractivity contribution in [2.24, 2.45) is 12.8 Å². The summed E-state index contributed by atoms with van der Waals surface area (Å²) in [5, 5.41) is 7.39. The van der Waals surface area contributed by atoms with Crippen molar-refractivity contribution in [1.29, 1.82) is 0 Å². The second-order valence-electron chi connectivity index (χ2n) is 3.98. The Labute approximate surface area is 130 Å². The molecule has 0 saturated carbocycles. The average molecular weight is 329 g/mol. The van der Waals surface area contributed by atoms with Crippen molar-refractivity contribution in [1.82, 2.24) is 9.78 Å². The molecule has 1 aromatic heterocycles. The third-order valence-corrected chi connectivity index (χ3v) is 3.58. The fourth-order valence-corrected chi connectivity index (χ4v) is 2.03. The van der Waals surface area contributed by atoms with Gasteiger partial charge in [0.05, 0.1) is 21.8 Å². The zero-order valence-corrected chi connectivity index (χ0v) is 12.7. The minimum absolute atomic E-state index is 0.155. The third-order valence-electron chi connectivity index (χ3n) is 2.62. The van der Waals surface area contributed by atoms with E-state index in [2.05, 4.69) is 10.4 Å². The van der Waals surface area contributed by atoms with Crippen LogP contribution in [0.4, 0.5) is 5.82 Å². The molecule has 20 heavy (non-hydrogen) atoms. The van der Waals surface area contributed by atoms with Gasteiger partial charge in [0.15, 0.2) is 0 Å². The number of hydrogen-bond acceptors (Lipinski definition) is 3. The van der Waals surface area contributed by atoms with Gasteiger partial charge in [0, 0.05) is 12.6 Å². The van der Waals surface area contributed by atoms with E-state index in [0.717, 1.165) is 0 Å². The highest BCUT2D eigenvalue weighted by Gasteiger charge is 2.15. The lowest BCUT2D eigenvalue weighted by Crippen LogP contribution is -2.18. The topological polar surface area (TPSA) is 72.9 Å². The molecular formula is C12H10Cl2N4OS. The highest BCUT2D eigenvalue weighted by atomic mass is 35.5. The number of carbonyl (C=O) groups excluding carboxylic acids is 1. The molecule has 3 N–H and O–H groups in total. The quantitative estimate of drug-likeness (QED) is 0.849. The molecule has 5 nitrogen and oxygen atoms in total. The molecule has 0 unspecified atom stereocenters. The van der Waals surface area contributed by atoms with Crippen molar-refractivity contribution in [3.63, 3.8) is 0 Å². The molecule has 0 atom stereocenters. The summed E-state index contributed by atoms with van der Waals surface area (Å²) < 4.78 is 1.48. The van der Waals surface area contributed by atoms with E-state index in [0.29, 0.717) is 27.0 Å². The van der Waals surface area contributed by atoms with Crippen LogP contribution in [0, 0.1) is 0 Å². The summed E-state index contributed by atoms with van der Waals surface area (Å²) >= 11 is 16.6. The van der Waals surface area contributed by atoms with Crippen LogP contribution in [0.2, 0.25) is 10.0 Å². The zero-order chi connectivity index (χ0) is 14.9. The summed E-state index contributed by atoms with van der Waals surface area (Å²) in [6, 6.07) is 4.60. The number of nitrogens with zero attached hydrogens (tertiary/aromatic N) is 2. The number of benzene rings is 1. The van der Waals surface area contributed by atoms with Crippen LogP contribution in [-0.2, 0) is 7.05 Å². The molecule has 0 radical (unpaired) electrons. The number of nitrogens with one attached hydrogen (secondary N) is 1. The molecule has 1 amide bonds. The molecule has 1 aromatic carbocycles. The normalized spacial score (nSPS) is 10.3.